The van der Waals surface area contributed by atoms with E-state index < -0.39 is 21.8 Å². The number of nitrogens with one attached hydrogen (secondary N) is 1. The number of nitrogens with two attached hydrogens (primary N) is 1. The van der Waals surface area contributed by atoms with Crippen molar-refractivity contribution in [2.75, 3.05) is 11.6 Å². The highest BCUT2D eigenvalue weighted by Gasteiger charge is 2.42. The summed E-state index contributed by atoms with van der Waals surface area (Å²) in [6.07, 6.45) is 0. The second-order valence-electron chi connectivity index (χ2n) is 6.70. The lowest BCUT2D eigenvalue weighted by molar-refractivity contribution is -0.122. The number of carbonyl (C=O) groups excluding carboxylic acids is 2. The molecule has 4 rings (SSSR count). The summed E-state index contributed by atoms with van der Waals surface area (Å²) in [7, 11) is -3.99. The van der Waals surface area contributed by atoms with Gasteiger partial charge in [-0.2, -0.15) is 13.4 Å². The Balaban J connectivity index is 1.64. The van der Waals surface area contributed by atoms with Gasteiger partial charge in [0.05, 0.1) is 11.7 Å². The quantitative estimate of drug-likeness (QED) is 0.716. The number of para-hydroxylation sites is 1. The van der Waals surface area contributed by atoms with Crippen LogP contribution in [0.3, 0.4) is 0 Å². The Labute approximate surface area is 172 Å². The standard InChI is InChI=1S/C19H18N6O4S/c1-12(13-7-3-2-4-8-13)21-16(26)11-24-18(17(20)27)22-19-23-30(28,29)15-10-6-5-9-14(15)25(19)24/h2-10,12H,11H2,1H3,(H2,20,27)(H,21,26)/t12-/m0/s1. The fourth-order valence-electron chi connectivity index (χ4n) is 3.28. The number of nitrogens with zero attached hydrogens (tertiary/aromatic N) is 4. The van der Waals surface area contributed by atoms with E-state index in [0.29, 0.717) is 0 Å². The first-order valence-electron chi connectivity index (χ1n) is 9.02. The predicted molar refractivity (Wildman–Crippen MR) is 110 cm³/mol. The first kappa shape index (κ1) is 19.6. The van der Waals surface area contributed by atoms with Gasteiger partial charge in [-0.05, 0) is 24.6 Å². The number of guanidine groups is 1. The zero-order chi connectivity index (χ0) is 21.5. The normalized spacial score (nSPS) is 17.4. The molecule has 2 aliphatic rings. The van der Waals surface area contributed by atoms with E-state index in [4.69, 9.17) is 5.73 Å². The maximum absolute atomic E-state index is 12.7. The van der Waals surface area contributed by atoms with Crippen molar-refractivity contribution >= 4 is 39.3 Å². The molecule has 0 radical (unpaired) electrons. The van der Waals surface area contributed by atoms with Crippen molar-refractivity contribution in [2.24, 2.45) is 15.1 Å². The van der Waals surface area contributed by atoms with Crippen molar-refractivity contribution in [3.8, 4) is 0 Å². The number of hydrazine groups is 1. The summed E-state index contributed by atoms with van der Waals surface area (Å²) in [4.78, 5) is 28.6. The van der Waals surface area contributed by atoms with Crippen molar-refractivity contribution in [3.63, 3.8) is 0 Å². The Bertz CT molecular complexity index is 1190. The molecular formula is C19H18N6O4S. The molecule has 30 heavy (non-hydrogen) atoms. The van der Waals surface area contributed by atoms with Gasteiger partial charge in [0.15, 0.2) is 0 Å². The molecule has 2 amide bonds. The Morgan fingerprint density at radius 1 is 1.10 bits per heavy atom. The van der Waals surface area contributed by atoms with Gasteiger partial charge in [0.25, 0.3) is 21.9 Å². The molecule has 0 saturated carbocycles. The molecule has 2 aromatic rings. The molecule has 2 aromatic carbocycles. The highest BCUT2D eigenvalue weighted by atomic mass is 32.2. The van der Waals surface area contributed by atoms with Crippen LogP contribution in [0.4, 0.5) is 5.69 Å². The van der Waals surface area contributed by atoms with Gasteiger partial charge in [0.2, 0.25) is 11.7 Å². The van der Waals surface area contributed by atoms with Crippen LogP contribution in [-0.4, -0.2) is 43.6 Å². The average Bonchev–Trinajstić information content (AvgIpc) is 3.06. The molecule has 10 nitrogen and oxygen atoms in total. The molecule has 0 unspecified atom stereocenters. The van der Waals surface area contributed by atoms with E-state index in [-0.39, 0.29) is 35.0 Å². The monoisotopic (exact) mass is 426 g/mol. The summed E-state index contributed by atoms with van der Waals surface area (Å²) in [5.74, 6) is -1.84. The van der Waals surface area contributed by atoms with E-state index >= 15 is 0 Å². The number of primary amides is 1. The second-order valence-corrected chi connectivity index (χ2v) is 8.28. The number of hydrogen-bond donors (Lipinski definition) is 2. The van der Waals surface area contributed by atoms with Crippen molar-refractivity contribution in [1.29, 1.82) is 0 Å². The predicted octanol–water partition coefficient (Wildman–Crippen LogP) is 0.543. The van der Waals surface area contributed by atoms with E-state index in [2.05, 4.69) is 14.7 Å². The number of aliphatic imine (C=N–C) groups is 1. The maximum Gasteiger partial charge on any atom is 0.287 e. The Morgan fingerprint density at radius 2 is 1.77 bits per heavy atom. The Morgan fingerprint density at radius 3 is 2.47 bits per heavy atom. The smallest absolute Gasteiger partial charge is 0.287 e. The zero-order valence-corrected chi connectivity index (χ0v) is 16.7. The maximum atomic E-state index is 12.7. The number of hydrogen-bond acceptors (Lipinski definition) is 7. The molecule has 154 valence electrons. The molecule has 0 aliphatic carbocycles. The van der Waals surface area contributed by atoms with Gasteiger partial charge in [0.1, 0.15) is 11.4 Å². The van der Waals surface area contributed by atoms with Crippen LogP contribution in [0, 0.1) is 0 Å². The number of amidine groups is 1. The van der Waals surface area contributed by atoms with E-state index in [1.807, 2.05) is 37.3 Å². The third-order valence-corrected chi connectivity index (χ3v) is 5.95. The van der Waals surface area contributed by atoms with Crippen LogP contribution in [0.25, 0.3) is 0 Å². The first-order chi connectivity index (χ1) is 14.3. The van der Waals surface area contributed by atoms with Gasteiger partial charge in [-0.3, -0.25) is 9.59 Å². The second kappa shape index (κ2) is 7.26. The summed E-state index contributed by atoms with van der Waals surface area (Å²) in [5.41, 5.74) is 6.56. The minimum absolute atomic E-state index is 0.0577. The lowest BCUT2D eigenvalue weighted by Crippen LogP contribution is -2.52. The van der Waals surface area contributed by atoms with Gasteiger partial charge < -0.3 is 11.1 Å². The third kappa shape index (κ3) is 3.39. The van der Waals surface area contributed by atoms with Crippen LogP contribution in [0.2, 0.25) is 0 Å². The average molecular weight is 426 g/mol. The highest BCUT2D eigenvalue weighted by Crippen LogP contribution is 2.35. The van der Waals surface area contributed by atoms with E-state index in [1.165, 1.54) is 16.1 Å². The number of fused-ring (bicyclic) bond motifs is 3. The van der Waals surface area contributed by atoms with Crippen LogP contribution >= 0.6 is 0 Å². The SMILES string of the molecule is C[C@H](NC(=O)CN1C(C(N)=O)=NC2=NS(=O)(=O)c3ccccc3N21)c1ccccc1. The topological polar surface area (TPSA) is 138 Å². The van der Waals surface area contributed by atoms with Crippen LogP contribution in [0.1, 0.15) is 18.5 Å². The third-order valence-electron chi connectivity index (χ3n) is 4.65. The van der Waals surface area contributed by atoms with Gasteiger partial charge in [-0.15, -0.1) is 4.40 Å². The lowest BCUT2D eigenvalue weighted by atomic mass is 10.1. The van der Waals surface area contributed by atoms with Crippen molar-refractivity contribution < 1.29 is 18.0 Å². The molecular weight excluding hydrogens is 408 g/mol. The summed E-state index contributed by atoms with van der Waals surface area (Å²) in [5, 5.41) is 5.38. The Kier molecular flexibility index (Phi) is 4.74. The van der Waals surface area contributed by atoms with Crippen LogP contribution < -0.4 is 16.1 Å². The van der Waals surface area contributed by atoms with E-state index in [0.717, 1.165) is 5.56 Å². The molecule has 0 fully saturated rings. The molecule has 3 N–H and O–H groups in total. The van der Waals surface area contributed by atoms with Crippen LogP contribution in [-0.2, 0) is 19.6 Å². The molecule has 11 heteroatoms. The minimum atomic E-state index is -3.99. The molecule has 0 bridgehead atoms. The first-order valence-corrected chi connectivity index (χ1v) is 10.5. The van der Waals surface area contributed by atoms with Gasteiger partial charge >= 0.3 is 0 Å². The number of sulfonamides is 1. The number of amides is 2. The van der Waals surface area contributed by atoms with Crippen molar-refractivity contribution in [3.05, 3.63) is 60.2 Å². The molecule has 0 saturated heterocycles. The zero-order valence-electron chi connectivity index (χ0n) is 15.9. The lowest BCUT2D eigenvalue weighted by Gasteiger charge is -2.33. The molecule has 2 aliphatic heterocycles. The summed E-state index contributed by atoms with van der Waals surface area (Å²) in [6.45, 7) is 1.52. The van der Waals surface area contributed by atoms with Crippen LogP contribution in [0.5, 0.6) is 0 Å². The molecule has 2 heterocycles. The number of anilines is 1. The Hall–Kier alpha value is -3.73. The van der Waals surface area contributed by atoms with E-state index in [9.17, 15) is 18.0 Å². The highest BCUT2D eigenvalue weighted by molar-refractivity contribution is 7.90. The molecule has 1 atom stereocenters. The fraction of sp³-hybridized carbons (Fsp3) is 0.158. The fourth-order valence-corrected chi connectivity index (χ4v) is 4.38. The van der Waals surface area contributed by atoms with Crippen molar-refractivity contribution in [1.82, 2.24) is 10.3 Å². The van der Waals surface area contributed by atoms with Crippen molar-refractivity contribution in [2.45, 2.75) is 17.9 Å². The van der Waals surface area contributed by atoms with Gasteiger partial charge in [-0.1, -0.05) is 42.5 Å². The molecule has 0 aromatic heterocycles. The molecule has 0 spiro atoms. The largest absolute Gasteiger partial charge is 0.363 e. The summed E-state index contributed by atoms with van der Waals surface area (Å²) in [6, 6.07) is 15.2. The van der Waals surface area contributed by atoms with Gasteiger partial charge in [-0.25, -0.2) is 10.0 Å². The van der Waals surface area contributed by atoms with E-state index in [1.54, 1.807) is 18.2 Å². The van der Waals surface area contributed by atoms with Crippen LogP contribution in [0.15, 0.2) is 68.9 Å². The number of carbonyl (C=O) groups is 2. The summed E-state index contributed by atoms with van der Waals surface area (Å²) < 4.78 is 28.5. The number of rotatable bonds is 5. The minimum Gasteiger partial charge on any atom is -0.363 e. The number of benzene rings is 2. The summed E-state index contributed by atoms with van der Waals surface area (Å²) >= 11 is 0. The van der Waals surface area contributed by atoms with Gasteiger partial charge in [0, 0.05) is 0 Å².